The van der Waals surface area contributed by atoms with E-state index in [4.69, 9.17) is 9.15 Å². The average Bonchev–Trinajstić information content (AvgIpc) is 3.08. The molecule has 0 amide bonds. The van der Waals surface area contributed by atoms with Gasteiger partial charge >= 0.3 is 5.63 Å². The number of hydrogen-bond acceptors (Lipinski definition) is 3. The Morgan fingerprint density at radius 2 is 2.04 bits per heavy atom. The van der Waals surface area contributed by atoms with Crippen molar-refractivity contribution in [2.75, 3.05) is 0 Å². The van der Waals surface area contributed by atoms with E-state index in [9.17, 15) is 4.79 Å². The van der Waals surface area contributed by atoms with Gasteiger partial charge in [0.05, 0.1) is 0 Å². The second kappa shape index (κ2) is 5.23. The van der Waals surface area contributed by atoms with Crippen molar-refractivity contribution in [1.29, 1.82) is 0 Å². The molecule has 1 fully saturated rings. The van der Waals surface area contributed by atoms with Gasteiger partial charge in [-0.05, 0) is 69.1 Å². The second-order valence-corrected chi connectivity index (χ2v) is 8.20. The van der Waals surface area contributed by atoms with Crippen molar-refractivity contribution in [2.45, 2.75) is 64.4 Å². The molecule has 0 bridgehead atoms. The summed E-state index contributed by atoms with van der Waals surface area (Å²) in [7, 11) is 0. The van der Waals surface area contributed by atoms with Gasteiger partial charge in [-0.25, -0.2) is 4.79 Å². The number of benzene rings is 1. The summed E-state index contributed by atoms with van der Waals surface area (Å²) < 4.78 is 12.3. The van der Waals surface area contributed by atoms with Crippen molar-refractivity contribution in [1.82, 2.24) is 0 Å². The molecule has 2 aliphatic carbocycles. The summed E-state index contributed by atoms with van der Waals surface area (Å²) in [4.78, 5) is 12.4. The van der Waals surface area contributed by atoms with Crippen molar-refractivity contribution in [3.8, 4) is 5.75 Å². The Morgan fingerprint density at radius 3 is 2.88 bits per heavy atom. The molecule has 0 N–H and O–H groups in total. The van der Waals surface area contributed by atoms with Gasteiger partial charge in [-0.15, -0.1) is 0 Å². The highest BCUT2D eigenvalue weighted by Gasteiger charge is 2.38. The Labute approximate surface area is 147 Å². The first-order chi connectivity index (χ1) is 12.1. The summed E-state index contributed by atoms with van der Waals surface area (Å²) >= 11 is 0. The number of aryl methyl sites for hydroxylation is 2. The summed E-state index contributed by atoms with van der Waals surface area (Å²) in [6.45, 7) is 4.34. The average molecular weight is 336 g/mol. The molecule has 3 aliphatic rings. The maximum absolute atomic E-state index is 12.4. The van der Waals surface area contributed by atoms with Crippen LogP contribution in [0.4, 0.5) is 0 Å². The number of fused-ring (bicyclic) bond motifs is 4. The smallest absolute Gasteiger partial charge is 0.339 e. The van der Waals surface area contributed by atoms with Gasteiger partial charge in [0.1, 0.15) is 16.9 Å². The first kappa shape index (κ1) is 15.2. The lowest BCUT2D eigenvalue weighted by atomic mass is 9.77. The van der Waals surface area contributed by atoms with Crippen LogP contribution in [0.5, 0.6) is 5.75 Å². The highest BCUT2D eigenvalue weighted by molar-refractivity contribution is 5.90. The topological polar surface area (TPSA) is 39.4 Å². The van der Waals surface area contributed by atoms with E-state index in [1.807, 2.05) is 6.92 Å². The van der Waals surface area contributed by atoms with Crippen LogP contribution in [0.3, 0.4) is 0 Å². The minimum Gasteiger partial charge on any atom is -0.482 e. The van der Waals surface area contributed by atoms with E-state index in [0.29, 0.717) is 5.92 Å². The Balaban J connectivity index is 1.70. The van der Waals surface area contributed by atoms with Crippen LogP contribution in [0.2, 0.25) is 0 Å². The summed E-state index contributed by atoms with van der Waals surface area (Å²) in [5, 5.41) is 1.10. The Morgan fingerprint density at radius 1 is 1.20 bits per heavy atom. The first-order valence-corrected chi connectivity index (χ1v) is 9.57. The molecule has 5 rings (SSSR count). The minimum atomic E-state index is -0.180. The van der Waals surface area contributed by atoms with Gasteiger partial charge in [0.15, 0.2) is 0 Å². The Hall–Kier alpha value is -2.03. The normalized spacial score (nSPS) is 27.4. The van der Waals surface area contributed by atoms with Gasteiger partial charge in [-0.1, -0.05) is 19.4 Å². The van der Waals surface area contributed by atoms with Crippen LogP contribution < -0.4 is 10.4 Å². The predicted molar refractivity (Wildman–Crippen MR) is 99.3 cm³/mol. The Bertz CT molecular complexity index is 966. The van der Waals surface area contributed by atoms with Crippen LogP contribution in [0.25, 0.3) is 17.0 Å². The molecule has 3 nitrogen and oxygen atoms in total. The monoisotopic (exact) mass is 336 g/mol. The zero-order valence-corrected chi connectivity index (χ0v) is 15.0. The molecule has 0 saturated heterocycles. The minimum absolute atomic E-state index is 0.157. The molecule has 2 heterocycles. The van der Waals surface area contributed by atoms with Crippen molar-refractivity contribution in [3.63, 3.8) is 0 Å². The van der Waals surface area contributed by atoms with E-state index < -0.39 is 0 Å². The summed E-state index contributed by atoms with van der Waals surface area (Å²) in [6, 6.07) is 2.17. The molecule has 0 radical (unpaired) electrons. The van der Waals surface area contributed by atoms with Gasteiger partial charge in [0.25, 0.3) is 0 Å². The zero-order valence-electron chi connectivity index (χ0n) is 15.0. The van der Waals surface area contributed by atoms with Gasteiger partial charge in [-0.2, -0.15) is 0 Å². The summed E-state index contributed by atoms with van der Waals surface area (Å²) in [5.41, 5.74) is 4.55. The van der Waals surface area contributed by atoms with Gasteiger partial charge in [-0.3, -0.25) is 0 Å². The van der Waals surface area contributed by atoms with Crippen LogP contribution in [0, 0.1) is 12.8 Å². The quantitative estimate of drug-likeness (QED) is 0.639. The van der Waals surface area contributed by atoms with Crippen LogP contribution in [-0.4, -0.2) is 5.60 Å². The van der Waals surface area contributed by atoms with E-state index in [1.165, 1.54) is 18.4 Å². The molecule has 1 saturated carbocycles. The van der Waals surface area contributed by atoms with Crippen LogP contribution in [0.1, 0.15) is 61.3 Å². The molecular weight excluding hydrogens is 312 g/mol. The second-order valence-electron chi connectivity index (χ2n) is 8.20. The predicted octanol–water partition coefficient (Wildman–Crippen LogP) is 4.94. The number of hydrogen-bond donors (Lipinski definition) is 0. The van der Waals surface area contributed by atoms with Gasteiger partial charge in [0.2, 0.25) is 0 Å². The van der Waals surface area contributed by atoms with Crippen LogP contribution >= 0.6 is 0 Å². The van der Waals surface area contributed by atoms with Gasteiger partial charge in [0, 0.05) is 22.1 Å². The van der Waals surface area contributed by atoms with E-state index in [0.717, 1.165) is 65.5 Å². The lowest BCUT2D eigenvalue weighted by Crippen LogP contribution is -2.40. The molecular formula is C22H24O3. The SMILES string of the molecule is Cc1c2c(cc3c4c(c(=O)oc13)CCC4)C=C[C@]1(CCC[C@H](C)C1)O2. The fourth-order valence-corrected chi connectivity index (χ4v) is 5.11. The van der Waals surface area contributed by atoms with Crippen LogP contribution in [-0.2, 0) is 12.8 Å². The number of rotatable bonds is 0. The van der Waals surface area contributed by atoms with Crippen molar-refractivity contribution in [2.24, 2.45) is 5.92 Å². The molecule has 1 aliphatic heterocycles. The third kappa shape index (κ3) is 2.21. The highest BCUT2D eigenvalue weighted by atomic mass is 16.5. The van der Waals surface area contributed by atoms with Crippen LogP contribution in [0.15, 0.2) is 21.4 Å². The molecule has 0 unspecified atom stereocenters. The largest absolute Gasteiger partial charge is 0.482 e. The van der Waals surface area contributed by atoms with E-state index in [1.54, 1.807) is 0 Å². The van der Waals surface area contributed by atoms with E-state index in [-0.39, 0.29) is 11.2 Å². The maximum atomic E-state index is 12.4. The third-order valence-corrected chi connectivity index (χ3v) is 6.33. The molecule has 130 valence electrons. The molecule has 1 aromatic carbocycles. The lowest BCUT2D eigenvalue weighted by molar-refractivity contribution is 0.0538. The van der Waals surface area contributed by atoms with Crippen molar-refractivity contribution < 1.29 is 9.15 Å². The fourth-order valence-electron chi connectivity index (χ4n) is 5.11. The van der Waals surface area contributed by atoms with Crippen molar-refractivity contribution >= 4 is 17.0 Å². The maximum Gasteiger partial charge on any atom is 0.339 e. The Kier molecular flexibility index (Phi) is 3.19. The lowest BCUT2D eigenvalue weighted by Gasteiger charge is -2.41. The van der Waals surface area contributed by atoms with Crippen molar-refractivity contribution in [3.05, 3.63) is 44.8 Å². The fraction of sp³-hybridized carbons (Fsp3) is 0.500. The standard InChI is InChI=1S/C22H24O3/c1-13-5-4-9-22(12-13)10-8-15-11-18-16-6-3-7-17(16)21(23)24-20(18)14(2)19(15)25-22/h8,10-11,13H,3-7,9,12H2,1-2H3/t13-,22-/m0/s1. The number of ether oxygens (including phenoxy) is 1. The van der Waals surface area contributed by atoms with E-state index >= 15 is 0 Å². The first-order valence-electron chi connectivity index (χ1n) is 9.57. The molecule has 1 spiro atoms. The molecule has 2 aromatic rings. The zero-order chi connectivity index (χ0) is 17.2. The molecule has 3 heteroatoms. The summed E-state index contributed by atoms with van der Waals surface area (Å²) in [6.07, 6.45) is 12.0. The highest BCUT2D eigenvalue weighted by Crippen LogP contribution is 2.45. The summed E-state index contributed by atoms with van der Waals surface area (Å²) in [5.74, 6) is 1.59. The molecule has 1 aromatic heterocycles. The van der Waals surface area contributed by atoms with E-state index in [2.05, 4.69) is 25.1 Å². The molecule has 2 atom stereocenters. The third-order valence-electron chi connectivity index (χ3n) is 6.33. The molecule has 25 heavy (non-hydrogen) atoms. The van der Waals surface area contributed by atoms with Gasteiger partial charge < -0.3 is 9.15 Å².